The Hall–Kier alpha value is -0.280. The van der Waals surface area contributed by atoms with Gasteiger partial charge in [-0.1, -0.05) is 30.7 Å². The van der Waals surface area contributed by atoms with Gasteiger partial charge in [0.2, 0.25) is 0 Å². The van der Waals surface area contributed by atoms with Crippen LogP contribution in [0.4, 0.5) is 0 Å². The third-order valence-corrected chi connectivity index (χ3v) is 4.29. The molecule has 19 heavy (non-hydrogen) atoms. The number of nitrogens with zero attached hydrogens (tertiary/aromatic N) is 1. The minimum Gasteiger partial charge on any atom is -0.317 e. The lowest BCUT2D eigenvalue weighted by molar-refractivity contribution is 0.191. The van der Waals surface area contributed by atoms with Gasteiger partial charge < -0.3 is 5.32 Å². The molecule has 0 amide bonds. The molecule has 1 aliphatic heterocycles. The van der Waals surface area contributed by atoms with Crippen LogP contribution in [0.1, 0.15) is 30.9 Å². The van der Waals surface area contributed by atoms with Gasteiger partial charge in [0.05, 0.1) is 0 Å². The number of halogens is 2. The zero-order valence-corrected chi connectivity index (χ0v) is 13.4. The van der Waals surface area contributed by atoms with E-state index in [1.807, 2.05) is 6.07 Å². The molecule has 1 aromatic rings. The Morgan fingerprint density at radius 1 is 1.32 bits per heavy atom. The molecule has 1 fully saturated rings. The maximum Gasteiger partial charge on any atom is 0.0453 e. The molecule has 1 N–H and O–H groups in total. The lowest BCUT2D eigenvalue weighted by atomic mass is 10.0. The summed E-state index contributed by atoms with van der Waals surface area (Å²) in [7, 11) is 2.22. The average Bonchev–Trinajstić information content (AvgIpc) is 2.42. The van der Waals surface area contributed by atoms with Crippen molar-refractivity contribution in [2.24, 2.45) is 0 Å². The van der Waals surface area contributed by atoms with Crippen LogP contribution in [0, 0.1) is 0 Å². The van der Waals surface area contributed by atoms with E-state index in [0.29, 0.717) is 6.04 Å². The summed E-state index contributed by atoms with van der Waals surface area (Å²) in [5.74, 6) is 0. The van der Waals surface area contributed by atoms with Gasteiger partial charge in [-0.05, 0) is 56.6 Å². The molecule has 0 radical (unpaired) electrons. The van der Waals surface area contributed by atoms with Crippen molar-refractivity contribution in [1.29, 1.82) is 0 Å². The third-order valence-electron chi connectivity index (χ3n) is 3.94. The Morgan fingerprint density at radius 2 is 2.00 bits per heavy atom. The Bertz CT molecular complexity index is 390. The number of benzene rings is 1. The normalized spacial score (nSPS) is 16.4. The summed E-state index contributed by atoms with van der Waals surface area (Å²) in [6.07, 6.45) is 3.53. The molecule has 0 saturated carbocycles. The number of piperidine rings is 1. The molecule has 2 nitrogen and oxygen atoms in total. The van der Waals surface area contributed by atoms with Crippen LogP contribution in [0.5, 0.6) is 0 Å². The van der Waals surface area contributed by atoms with Crippen molar-refractivity contribution in [3.8, 4) is 0 Å². The van der Waals surface area contributed by atoms with Gasteiger partial charge in [-0.25, -0.2) is 0 Å². The van der Waals surface area contributed by atoms with Crippen molar-refractivity contribution in [3.63, 3.8) is 0 Å². The predicted octanol–water partition coefficient (Wildman–Crippen LogP) is 3.51. The van der Waals surface area contributed by atoms with Crippen LogP contribution in [-0.4, -0.2) is 31.1 Å². The Labute approximate surface area is 127 Å². The smallest absolute Gasteiger partial charge is 0.0453 e. The van der Waals surface area contributed by atoms with E-state index in [2.05, 4.69) is 36.3 Å². The van der Waals surface area contributed by atoms with Gasteiger partial charge in [-0.3, -0.25) is 4.90 Å². The largest absolute Gasteiger partial charge is 0.317 e. The molecule has 4 heteroatoms. The van der Waals surface area contributed by atoms with E-state index in [0.717, 1.165) is 31.1 Å². The topological polar surface area (TPSA) is 15.3 Å². The maximum absolute atomic E-state index is 6.35. The Balaban J connectivity index is 0.00000180. The molecule has 0 unspecified atom stereocenters. The van der Waals surface area contributed by atoms with Crippen LogP contribution >= 0.6 is 24.0 Å². The first-order valence-corrected chi connectivity index (χ1v) is 7.27. The fraction of sp³-hybridized carbons (Fsp3) is 0.600. The minimum atomic E-state index is 0. The molecule has 0 spiro atoms. The summed E-state index contributed by atoms with van der Waals surface area (Å²) in [5.41, 5.74) is 2.69. The second-order valence-electron chi connectivity index (χ2n) is 5.13. The van der Waals surface area contributed by atoms with Gasteiger partial charge in [-0.2, -0.15) is 0 Å². The van der Waals surface area contributed by atoms with Crippen LogP contribution in [0.25, 0.3) is 0 Å². The molecule has 1 aliphatic rings. The molecule has 0 atom stereocenters. The Kier molecular flexibility index (Phi) is 7.16. The van der Waals surface area contributed by atoms with Gasteiger partial charge in [-0.15, -0.1) is 12.4 Å². The summed E-state index contributed by atoms with van der Waals surface area (Å²) in [6, 6.07) is 6.94. The van der Waals surface area contributed by atoms with Crippen molar-refractivity contribution in [3.05, 3.63) is 34.3 Å². The zero-order valence-electron chi connectivity index (χ0n) is 11.8. The van der Waals surface area contributed by atoms with E-state index >= 15 is 0 Å². The van der Waals surface area contributed by atoms with E-state index < -0.39 is 0 Å². The molecule has 2 rings (SSSR count). The first kappa shape index (κ1) is 16.8. The van der Waals surface area contributed by atoms with E-state index in [1.54, 1.807) is 0 Å². The molecule has 1 aromatic carbocycles. The van der Waals surface area contributed by atoms with E-state index in [1.165, 1.54) is 24.0 Å². The van der Waals surface area contributed by atoms with Crippen molar-refractivity contribution in [2.45, 2.75) is 38.8 Å². The molecule has 0 aliphatic carbocycles. The van der Waals surface area contributed by atoms with Crippen LogP contribution in [0.3, 0.4) is 0 Å². The third kappa shape index (κ3) is 4.35. The molecule has 1 saturated heterocycles. The van der Waals surface area contributed by atoms with Gasteiger partial charge in [0.25, 0.3) is 0 Å². The summed E-state index contributed by atoms with van der Waals surface area (Å²) in [6.45, 7) is 5.43. The van der Waals surface area contributed by atoms with Crippen LogP contribution in [0.2, 0.25) is 5.02 Å². The van der Waals surface area contributed by atoms with Gasteiger partial charge in [0, 0.05) is 17.6 Å². The summed E-state index contributed by atoms with van der Waals surface area (Å²) in [4.78, 5) is 2.46. The standard InChI is InChI=1S/C15H23ClN2.ClH/c1-3-12-5-4-6-15(16)14(12)11-18(2)13-7-9-17-10-8-13;/h4-6,13,17H,3,7-11H2,1-2H3;1H. The van der Waals surface area contributed by atoms with Crippen LogP contribution in [0.15, 0.2) is 18.2 Å². The highest BCUT2D eigenvalue weighted by molar-refractivity contribution is 6.31. The molecule has 1 heterocycles. The van der Waals surface area contributed by atoms with E-state index in [9.17, 15) is 0 Å². The second-order valence-corrected chi connectivity index (χ2v) is 5.53. The molecular formula is C15H24Cl2N2. The maximum atomic E-state index is 6.35. The number of rotatable bonds is 4. The van der Waals surface area contributed by atoms with E-state index in [-0.39, 0.29) is 12.4 Å². The average molecular weight is 303 g/mol. The second kappa shape index (κ2) is 8.11. The number of hydrogen-bond donors (Lipinski definition) is 1. The highest BCUT2D eigenvalue weighted by Gasteiger charge is 2.19. The molecular weight excluding hydrogens is 279 g/mol. The predicted molar refractivity (Wildman–Crippen MR) is 85.4 cm³/mol. The molecule has 0 aromatic heterocycles. The summed E-state index contributed by atoms with van der Waals surface area (Å²) >= 11 is 6.35. The van der Waals surface area contributed by atoms with E-state index in [4.69, 9.17) is 11.6 Å². The number of aryl methyl sites for hydroxylation is 1. The lowest BCUT2D eigenvalue weighted by Crippen LogP contribution is -2.40. The fourth-order valence-electron chi connectivity index (χ4n) is 2.74. The van der Waals surface area contributed by atoms with Gasteiger partial charge in [0.15, 0.2) is 0 Å². The number of nitrogens with one attached hydrogen (secondary N) is 1. The highest BCUT2D eigenvalue weighted by atomic mass is 35.5. The fourth-order valence-corrected chi connectivity index (χ4v) is 2.99. The first-order chi connectivity index (χ1) is 8.72. The minimum absolute atomic E-state index is 0. The SMILES string of the molecule is CCc1cccc(Cl)c1CN(C)C1CCNCC1.Cl. The monoisotopic (exact) mass is 302 g/mol. The molecule has 108 valence electrons. The quantitative estimate of drug-likeness (QED) is 0.915. The summed E-state index contributed by atoms with van der Waals surface area (Å²) in [5, 5.41) is 4.33. The van der Waals surface area contributed by atoms with Crippen molar-refractivity contribution in [1.82, 2.24) is 10.2 Å². The van der Waals surface area contributed by atoms with Gasteiger partial charge >= 0.3 is 0 Å². The van der Waals surface area contributed by atoms with Crippen molar-refractivity contribution < 1.29 is 0 Å². The van der Waals surface area contributed by atoms with Crippen molar-refractivity contribution >= 4 is 24.0 Å². The van der Waals surface area contributed by atoms with Crippen molar-refractivity contribution in [2.75, 3.05) is 20.1 Å². The zero-order chi connectivity index (χ0) is 13.0. The van der Waals surface area contributed by atoms with Gasteiger partial charge in [0.1, 0.15) is 0 Å². The molecule has 0 bridgehead atoms. The van der Waals surface area contributed by atoms with Crippen LogP contribution < -0.4 is 5.32 Å². The number of hydrogen-bond acceptors (Lipinski definition) is 2. The Morgan fingerprint density at radius 3 is 2.63 bits per heavy atom. The lowest BCUT2D eigenvalue weighted by Gasteiger charge is -2.32. The summed E-state index contributed by atoms with van der Waals surface area (Å²) < 4.78 is 0. The van der Waals surface area contributed by atoms with Crippen LogP contribution in [-0.2, 0) is 13.0 Å². The highest BCUT2D eigenvalue weighted by Crippen LogP contribution is 2.24. The first-order valence-electron chi connectivity index (χ1n) is 6.89.